The lowest BCUT2D eigenvalue weighted by molar-refractivity contribution is 0.0283. The SMILES string of the molecule is C=C1/C(=C\C=C2/CCCC[C@@H]([C@H](C)CN3CC[C@H](CC(F)F)C3)CC[C@@H]2C)C[C@@H](O)[C@H](C)[C@@H]1O. The third-order valence-electron chi connectivity index (χ3n) is 8.93. The predicted molar refractivity (Wildman–Crippen MR) is 136 cm³/mol. The summed E-state index contributed by atoms with van der Waals surface area (Å²) in [5.41, 5.74) is 3.18. The smallest absolute Gasteiger partial charge is 0.238 e. The van der Waals surface area contributed by atoms with Crippen LogP contribution in [0.4, 0.5) is 8.78 Å². The molecule has 1 heterocycles. The molecule has 0 bridgehead atoms. The minimum absolute atomic E-state index is 0.0569. The van der Waals surface area contributed by atoms with Gasteiger partial charge in [0.1, 0.15) is 0 Å². The van der Waals surface area contributed by atoms with Crippen molar-refractivity contribution in [1.82, 2.24) is 4.90 Å². The molecule has 0 spiro atoms. The Kier molecular flexibility index (Phi) is 10.4. The fraction of sp³-hybridized carbons (Fsp3) is 0.793. The summed E-state index contributed by atoms with van der Waals surface area (Å²) in [6.07, 6.45) is 9.64. The van der Waals surface area contributed by atoms with Crippen LogP contribution in [0.1, 0.15) is 78.6 Å². The number of rotatable bonds is 6. The first kappa shape index (κ1) is 27.5. The van der Waals surface area contributed by atoms with E-state index < -0.39 is 18.6 Å². The van der Waals surface area contributed by atoms with Gasteiger partial charge in [-0.3, -0.25) is 0 Å². The Labute approximate surface area is 206 Å². The van der Waals surface area contributed by atoms with Crippen LogP contribution < -0.4 is 0 Å². The molecule has 0 amide bonds. The van der Waals surface area contributed by atoms with Crippen LogP contribution in [0, 0.1) is 29.6 Å². The maximum atomic E-state index is 12.7. The van der Waals surface area contributed by atoms with Crippen LogP contribution in [0.2, 0.25) is 0 Å². The zero-order chi connectivity index (χ0) is 24.8. The number of aliphatic hydroxyl groups excluding tert-OH is 2. The van der Waals surface area contributed by atoms with Gasteiger partial charge >= 0.3 is 0 Å². The largest absolute Gasteiger partial charge is 0.392 e. The standard InChI is InChI=1S/C29H47F2NO2/c1-19-9-10-25(20(2)17-32-14-13-23(18-32)15-28(30)31)8-6-5-7-24(19)11-12-26-16-27(33)22(4)29(34)21(26)3/h11-12,19-20,22-23,25,27-29,33-34H,3,5-10,13-18H2,1-2,4H3/b24-11+,26-12-/t19-,20+,22-,23+,25+,27+,29+/m0/s1. The minimum atomic E-state index is -2.18. The third-order valence-corrected chi connectivity index (χ3v) is 8.93. The molecule has 3 rings (SSSR count). The summed E-state index contributed by atoms with van der Waals surface area (Å²) in [5.74, 6) is 1.80. The van der Waals surface area contributed by atoms with E-state index in [1.807, 2.05) is 6.92 Å². The van der Waals surface area contributed by atoms with Crippen molar-refractivity contribution < 1.29 is 19.0 Å². The normalized spacial score (nSPS) is 37.7. The first-order chi connectivity index (χ1) is 16.2. The molecule has 0 radical (unpaired) electrons. The Morgan fingerprint density at radius 3 is 2.59 bits per heavy atom. The quantitative estimate of drug-likeness (QED) is 0.465. The summed E-state index contributed by atoms with van der Waals surface area (Å²) < 4.78 is 25.5. The van der Waals surface area contributed by atoms with Crippen LogP contribution in [0.15, 0.2) is 35.5 Å². The maximum Gasteiger partial charge on any atom is 0.238 e. The van der Waals surface area contributed by atoms with Crippen LogP contribution >= 0.6 is 0 Å². The average molecular weight is 480 g/mol. The number of hydrogen-bond acceptors (Lipinski definition) is 3. The van der Waals surface area contributed by atoms with E-state index in [2.05, 4.69) is 37.5 Å². The molecule has 1 aliphatic heterocycles. The van der Waals surface area contributed by atoms with E-state index in [0.717, 1.165) is 43.6 Å². The third kappa shape index (κ3) is 7.48. The Hall–Kier alpha value is -1.04. The number of hydrogen-bond donors (Lipinski definition) is 2. The van der Waals surface area contributed by atoms with Crippen LogP contribution in [0.25, 0.3) is 0 Å². The molecule has 3 aliphatic rings. The summed E-state index contributed by atoms with van der Waals surface area (Å²) >= 11 is 0. The van der Waals surface area contributed by atoms with Gasteiger partial charge in [0.25, 0.3) is 0 Å². The molecule has 2 saturated carbocycles. The van der Waals surface area contributed by atoms with Crippen LogP contribution in [-0.4, -0.2) is 53.4 Å². The Bertz CT molecular complexity index is 734. The van der Waals surface area contributed by atoms with Crippen LogP contribution in [-0.2, 0) is 0 Å². The molecule has 0 unspecified atom stereocenters. The van der Waals surface area contributed by atoms with Crippen LogP contribution in [0.5, 0.6) is 0 Å². The highest BCUT2D eigenvalue weighted by atomic mass is 19.3. The Balaban J connectivity index is 1.56. The zero-order valence-corrected chi connectivity index (χ0v) is 21.6. The van der Waals surface area contributed by atoms with Crippen molar-refractivity contribution in [2.75, 3.05) is 19.6 Å². The van der Waals surface area contributed by atoms with Crippen LogP contribution in [0.3, 0.4) is 0 Å². The van der Waals surface area contributed by atoms with Gasteiger partial charge in [0.15, 0.2) is 0 Å². The van der Waals surface area contributed by atoms with Gasteiger partial charge < -0.3 is 15.1 Å². The molecule has 3 nitrogen and oxygen atoms in total. The van der Waals surface area contributed by atoms with E-state index in [1.54, 1.807) is 0 Å². The van der Waals surface area contributed by atoms with Crippen molar-refractivity contribution in [2.24, 2.45) is 29.6 Å². The van der Waals surface area contributed by atoms with Crippen molar-refractivity contribution in [1.29, 1.82) is 0 Å². The molecule has 2 aliphatic carbocycles. The lowest BCUT2D eigenvalue weighted by Gasteiger charge is -2.33. The molecule has 5 heteroatoms. The molecule has 7 atom stereocenters. The Morgan fingerprint density at radius 1 is 1.09 bits per heavy atom. The highest BCUT2D eigenvalue weighted by molar-refractivity contribution is 5.38. The second-order valence-corrected chi connectivity index (χ2v) is 11.5. The van der Waals surface area contributed by atoms with E-state index >= 15 is 0 Å². The average Bonchev–Trinajstić information content (AvgIpc) is 3.24. The summed E-state index contributed by atoms with van der Waals surface area (Å²) in [6, 6.07) is 0. The number of halogens is 2. The van der Waals surface area contributed by atoms with E-state index in [0.29, 0.717) is 24.2 Å². The number of likely N-dealkylation sites (tertiary alicyclic amines) is 1. The lowest BCUT2D eigenvalue weighted by Crippen LogP contribution is -2.36. The molecule has 0 aromatic heterocycles. The Morgan fingerprint density at radius 2 is 1.85 bits per heavy atom. The van der Waals surface area contributed by atoms with Gasteiger partial charge in [0, 0.05) is 25.4 Å². The molecular formula is C29H47F2NO2. The number of aliphatic hydroxyl groups is 2. The van der Waals surface area contributed by atoms with E-state index in [-0.39, 0.29) is 18.3 Å². The molecule has 1 saturated heterocycles. The highest BCUT2D eigenvalue weighted by Crippen LogP contribution is 2.36. The zero-order valence-electron chi connectivity index (χ0n) is 21.6. The van der Waals surface area contributed by atoms with E-state index in [1.165, 1.54) is 37.7 Å². The lowest BCUT2D eigenvalue weighted by atomic mass is 9.78. The summed E-state index contributed by atoms with van der Waals surface area (Å²) in [7, 11) is 0. The highest BCUT2D eigenvalue weighted by Gasteiger charge is 2.32. The second-order valence-electron chi connectivity index (χ2n) is 11.5. The molecule has 3 fully saturated rings. The molecule has 0 aromatic rings. The van der Waals surface area contributed by atoms with Gasteiger partial charge in [-0.2, -0.15) is 0 Å². The number of allylic oxidation sites excluding steroid dienone is 3. The first-order valence-corrected chi connectivity index (χ1v) is 13.6. The molecule has 34 heavy (non-hydrogen) atoms. The van der Waals surface area contributed by atoms with Crippen molar-refractivity contribution in [3.8, 4) is 0 Å². The first-order valence-electron chi connectivity index (χ1n) is 13.6. The van der Waals surface area contributed by atoms with Crippen molar-refractivity contribution >= 4 is 0 Å². The van der Waals surface area contributed by atoms with Crippen molar-refractivity contribution in [3.05, 3.63) is 35.5 Å². The van der Waals surface area contributed by atoms with Crippen molar-refractivity contribution in [3.63, 3.8) is 0 Å². The van der Waals surface area contributed by atoms with E-state index in [9.17, 15) is 19.0 Å². The fourth-order valence-corrected chi connectivity index (χ4v) is 6.31. The number of nitrogens with zero attached hydrogens (tertiary/aromatic N) is 1. The molecule has 194 valence electrons. The fourth-order valence-electron chi connectivity index (χ4n) is 6.31. The summed E-state index contributed by atoms with van der Waals surface area (Å²) in [4.78, 5) is 2.42. The monoisotopic (exact) mass is 479 g/mol. The van der Waals surface area contributed by atoms with Gasteiger partial charge in [0.2, 0.25) is 6.43 Å². The van der Waals surface area contributed by atoms with Gasteiger partial charge in [-0.05, 0) is 79.9 Å². The van der Waals surface area contributed by atoms with Gasteiger partial charge in [-0.15, -0.1) is 0 Å². The van der Waals surface area contributed by atoms with E-state index in [4.69, 9.17) is 0 Å². The molecule has 2 N–H and O–H groups in total. The predicted octanol–water partition coefficient (Wildman–Crippen LogP) is 6.38. The minimum Gasteiger partial charge on any atom is -0.392 e. The number of alkyl halides is 2. The summed E-state index contributed by atoms with van der Waals surface area (Å²) in [6.45, 7) is 13.5. The van der Waals surface area contributed by atoms with Gasteiger partial charge in [-0.25, -0.2) is 8.78 Å². The second kappa shape index (κ2) is 12.8. The molecule has 0 aromatic carbocycles. The topological polar surface area (TPSA) is 43.7 Å². The molecular weight excluding hydrogens is 432 g/mol. The summed E-state index contributed by atoms with van der Waals surface area (Å²) in [5, 5.41) is 20.7. The van der Waals surface area contributed by atoms with Gasteiger partial charge in [-0.1, -0.05) is 57.9 Å². The maximum absolute atomic E-state index is 12.7. The van der Waals surface area contributed by atoms with Crippen molar-refractivity contribution in [2.45, 2.75) is 97.2 Å². The van der Waals surface area contributed by atoms with Gasteiger partial charge in [0.05, 0.1) is 12.2 Å².